The van der Waals surface area contributed by atoms with Crippen LogP contribution in [0.5, 0.6) is 0 Å². The number of ether oxygens (including phenoxy) is 1. The van der Waals surface area contributed by atoms with Gasteiger partial charge in [-0.3, -0.25) is 4.90 Å². The summed E-state index contributed by atoms with van der Waals surface area (Å²) in [5, 5.41) is 9.58. The molecule has 5 nitrogen and oxygen atoms in total. The standard InChI is InChI=1S/C14H23NO4S2/c1-13(2,3)19-12(18)15-7-14(6-8(15)11(16)17)9(20)4-5-10(14)21/h8-10,20-21H,4-7H2,1-3H3,(H,16,17)/t8?,9-,10-/m0/s1. The Kier molecular flexibility index (Phi) is 4.46. The van der Waals surface area contributed by atoms with E-state index in [0.29, 0.717) is 13.0 Å². The molecule has 21 heavy (non-hydrogen) atoms. The molecule has 0 aromatic rings. The average molecular weight is 333 g/mol. The highest BCUT2D eigenvalue weighted by molar-refractivity contribution is 7.82. The lowest BCUT2D eigenvalue weighted by Crippen LogP contribution is -2.44. The summed E-state index contributed by atoms with van der Waals surface area (Å²) in [6.45, 7) is 5.65. The van der Waals surface area contributed by atoms with Crippen LogP contribution in [-0.2, 0) is 9.53 Å². The van der Waals surface area contributed by atoms with Crippen LogP contribution in [0.15, 0.2) is 0 Å². The number of aliphatic carboxylic acids is 1. The van der Waals surface area contributed by atoms with Crippen LogP contribution >= 0.6 is 25.3 Å². The van der Waals surface area contributed by atoms with Crippen LogP contribution in [0, 0.1) is 5.41 Å². The fraction of sp³-hybridized carbons (Fsp3) is 0.857. The third-order valence-electron chi connectivity index (χ3n) is 4.37. The zero-order chi connectivity index (χ0) is 16.0. The van der Waals surface area contributed by atoms with Crippen LogP contribution in [-0.4, -0.2) is 50.8 Å². The normalized spacial score (nSPS) is 31.7. The van der Waals surface area contributed by atoms with Crippen molar-refractivity contribution in [1.29, 1.82) is 0 Å². The zero-order valence-electron chi connectivity index (χ0n) is 12.6. The van der Waals surface area contributed by atoms with Gasteiger partial charge in [0.1, 0.15) is 11.6 Å². The van der Waals surface area contributed by atoms with Crippen molar-refractivity contribution < 1.29 is 19.4 Å². The minimum absolute atomic E-state index is 0.0642. The number of carboxylic acids is 1. The lowest BCUT2D eigenvalue weighted by molar-refractivity contribution is -0.142. The second kappa shape index (κ2) is 5.57. The third kappa shape index (κ3) is 3.13. The monoisotopic (exact) mass is 333 g/mol. The molecule has 1 unspecified atom stereocenters. The summed E-state index contributed by atoms with van der Waals surface area (Å²) in [7, 11) is 0. The number of thiol groups is 2. The Morgan fingerprint density at radius 1 is 1.24 bits per heavy atom. The Hall–Kier alpha value is -0.560. The minimum atomic E-state index is -0.995. The van der Waals surface area contributed by atoms with E-state index in [1.807, 2.05) is 0 Å². The first-order valence-electron chi connectivity index (χ1n) is 7.15. The Morgan fingerprint density at radius 2 is 1.76 bits per heavy atom. The van der Waals surface area contributed by atoms with E-state index >= 15 is 0 Å². The second-order valence-electron chi connectivity index (χ2n) is 7.01. The molecule has 1 N–H and O–H groups in total. The van der Waals surface area contributed by atoms with E-state index in [9.17, 15) is 14.7 Å². The molecular formula is C14H23NO4S2. The van der Waals surface area contributed by atoms with Crippen molar-refractivity contribution in [2.45, 2.75) is 62.2 Å². The number of nitrogens with zero attached hydrogens (tertiary/aromatic N) is 1. The molecule has 1 heterocycles. The average Bonchev–Trinajstić information content (AvgIpc) is 2.85. The van der Waals surface area contributed by atoms with Gasteiger partial charge < -0.3 is 9.84 Å². The van der Waals surface area contributed by atoms with E-state index in [4.69, 9.17) is 4.74 Å². The fourth-order valence-corrected chi connectivity index (χ4v) is 4.44. The molecule has 1 spiro atoms. The van der Waals surface area contributed by atoms with Crippen LogP contribution in [0.4, 0.5) is 4.79 Å². The predicted molar refractivity (Wildman–Crippen MR) is 86.2 cm³/mol. The summed E-state index contributed by atoms with van der Waals surface area (Å²) >= 11 is 9.23. The quantitative estimate of drug-likeness (QED) is 0.645. The Balaban J connectivity index is 2.24. The van der Waals surface area contributed by atoms with Crippen molar-refractivity contribution in [2.75, 3.05) is 6.54 Å². The molecule has 2 fully saturated rings. The van der Waals surface area contributed by atoms with E-state index in [1.165, 1.54) is 4.90 Å². The highest BCUT2D eigenvalue weighted by Crippen LogP contribution is 2.52. The first-order valence-corrected chi connectivity index (χ1v) is 8.19. The van der Waals surface area contributed by atoms with Gasteiger partial charge in [-0.1, -0.05) is 0 Å². The second-order valence-corrected chi connectivity index (χ2v) is 8.26. The molecule has 3 atom stereocenters. The van der Waals surface area contributed by atoms with Crippen LogP contribution in [0.25, 0.3) is 0 Å². The summed E-state index contributed by atoms with van der Waals surface area (Å²) < 4.78 is 5.35. The van der Waals surface area contributed by atoms with Crippen LogP contribution in [0.2, 0.25) is 0 Å². The molecule has 7 heteroatoms. The maximum absolute atomic E-state index is 12.3. The van der Waals surface area contributed by atoms with Gasteiger partial charge in [0.05, 0.1) is 0 Å². The largest absolute Gasteiger partial charge is 0.480 e. The van der Waals surface area contributed by atoms with Crippen molar-refractivity contribution in [3.63, 3.8) is 0 Å². The van der Waals surface area contributed by atoms with Crippen molar-refractivity contribution in [3.8, 4) is 0 Å². The molecule has 0 bridgehead atoms. The van der Waals surface area contributed by atoms with Crippen molar-refractivity contribution in [3.05, 3.63) is 0 Å². The topological polar surface area (TPSA) is 66.8 Å². The number of likely N-dealkylation sites (tertiary alicyclic amines) is 1. The lowest BCUT2D eigenvalue weighted by atomic mass is 9.83. The molecule has 1 amide bonds. The van der Waals surface area contributed by atoms with Gasteiger partial charge in [0.25, 0.3) is 0 Å². The summed E-state index contributed by atoms with van der Waals surface area (Å²) in [5.41, 5.74) is -0.988. The molecule has 120 valence electrons. The molecule has 2 rings (SSSR count). The molecule has 1 aliphatic carbocycles. The maximum Gasteiger partial charge on any atom is 0.411 e. The number of hydrogen-bond donors (Lipinski definition) is 3. The van der Waals surface area contributed by atoms with Crippen LogP contribution < -0.4 is 0 Å². The number of carboxylic acid groups (broad SMARTS) is 1. The predicted octanol–water partition coefficient (Wildman–Crippen LogP) is 2.46. The summed E-state index contributed by atoms with van der Waals surface area (Å²) in [6, 6.07) is -0.859. The fourth-order valence-electron chi connectivity index (χ4n) is 3.29. The van der Waals surface area contributed by atoms with Gasteiger partial charge in [-0.05, 0) is 40.0 Å². The van der Waals surface area contributed by atoms with E-state index in [0.717, 1.165) is 12.8 Å². The van der Waals surface area contributed by atoms with E-state index in [2.05, 4.69) is 25.3 Å². The molecule has 1 saturated carbocycles. The minimum Gasteiger partial charge on any atom is -0.480 e. The molecule has 0 aromatic heterocycles. The van der Waals surface area contributed by atoms with Gasteiger partial charge in [-0.15, -0.1) is 0 Å². The molecular weight excluding hydrogens is 310 g/mol. The van der Waals surface area contributed by atoms with Crippen molar-refractivity contribution >= 4 is 37.3 Å². The van der Waals surface area contributed by atoms with E-state index in [-0.39, 0.29) is 15.9 Å². The summed E-state index contributed by atoms with van der Waals surface area (Å²) in [6.07, 6.45) is 1.61. The Morgan fingerprint density at radius 3 is 2.19 bits per heavy atom. The summed E-state index contributed by atoms with van der Waals surface area (Å²) in [4.78, 5) is 25.2. The Bertz CT molecular complexity index is 439. The molecule has 1 saturated heterocycles. The van der Waals surface area contributed by atoms with Gasteiger partial charge in [-0.2, -0.15) is 25.3 Å². The van der Waals surface area contributed by atoms with E-state index in [1.54, 1.807) is 20.8 Å². The zero-order valence-corrected chi connectivity index (χ0v) is 14.4. The van der Waals surface area contributed by atoms with Crippen molar-refractivity contribution in [1.82, 2.24) is 4.90 Å². The molecule has 0 radical (unpaired) electrons. The smallest absolute Gasteiger partial charge is 0.411 e. The lowest BCUT2D eigenvalue weighted by Gasteiger charge is -2.32. The highest BCUT2D eigenvalue weighted by atomic mass is 32.1. The highest BCUT2D eigenvalue weighted by Gasteiger charge is 2.57. The first-order chi connectivity index (χ1) is 9.57. The van der Waals surface area contributed by atoms with Crippen molar-refractivity contribution in [2.24, 2.45) is 5.41 Å². The van der Waals surface area contributed by atoms with Gasteiger partial charge >= 0.3 is 12.1 Å². The number of carbonyl (C=O) groups excluding carboxylic acids is 1. The third-order valence-corrected chi connectivity index (χ3v) is 5.91. The SMILES string of the molecule is CC(C)(C)OC(=O)N1CC2(CC1C(=O)O)[C@@H](S)CC[C@@H]2S. The van der Waals surface area contributed by atoms with Crippen LogP contribution in [0.1, 0.15) is 40.0 Å². The molecule has 0 aromatic carbocycles. The van der Waals surface area contributed by atoms with Gasteiger partial charge in [0, 0.05) is 22.5 Å². The Labute approximate surface area is 136 Å². The summed E-state index contributed by atoms with van der Waals surface area (Å²) in [5.74, 6) is -0.995. The molecule has 1 aliphatic heterocycles. The number of carbonyl (C=O) groups is 2. The van der Waals surface area contributed by atoms with Gasteiger partial charge in [0.15, 0.2) is 0 Å². The van der Waals surface area contributed by atoms with Gasteiger partial charge in [0.2, 0.25) is 0 Å². The van der Waals surface area contributed by atoms with E-state index < -0.39 is 23.7 Å². The first kappa shape index (κ1) is 16.8. The number of hydrogen-bond acceptors (Lipinski definition) is 5. The number of amides is 1. The van der Waals surface area contributed by atoms with Crippen LogP contribution in [0.3, 0.4) is 0 Å². The molecule has 2 aliphatic rings. The number of rotatable bonds is 1. The maximum atomic E-state index is 12.3. The van der Waals surface area contributed by atoms with Gasteiger partial charge in [-0.25, -0.2) is 9.59 Å².